The number of benzene rings is 2. The summed E-state index contributed by atoms with van der Waals surface area (Å²) in [7, 11) is -3.69. The number of carbonyl (C=O) groups excluding carboxylic acids is 2. The molecule has 2 aromatic rings. The summed E-state index contributed by atoms with van der Waals surface area (Å²) in [6.45, 7) is 4.88. The van der Waals surface area contributed by atoms with Gasteiger partial charge in [0.05, 0.1) is 29.0 Å². The molecule has 1 unspecified atom stereocenters. The zero-order valence-electron chi connectivity index (χ0n) is 17.2. The average Bonchev–Trinajstić information content (AvgIpc) is 2.76. The Balaban J connectivity index is 1.56. The second-order valence-electron chi connectivity index (χ2n) is 7.41. The number of morpholine rings is 1. The number of thioether (sulfide) groups is 1. The van der Waals surface area contributed by atoms with Gasteiger partial charge in [-0.15, -0.1) is 11.8 Å². The number of rotatable bonds is 4. The van der Waals surface area contributed by atoms with Crippen molar-refractivity contribution in [3.63, 3.8) is 0 Å². The first-order chi connectivity index (χ1) is 14.8. The Morgan fingerprint density at radius 1 is 1.19 bits per heavy atom. The summed E-state index contributed by atoms with van der Waals surface area (Å²) < 4.78 is 32.7. The molecule has 2 heterocycles. The number of nitrogens with one attached hydrogen (secondary N) is 2. The molecule has 1 saturated heterocycles. The van der Waals surface area contributed by atoms with Crippen molar-refractivity contribution >= 4 is 45.0 Å². The normalized spacial score (nSPS) is 19.4. The van der Waals surface area contributed by atoms with E-state index >= 15 is 0 Å². The first kappa shape index (κ1) is 21.8. The smallest absolute Gasteiger partial charge is 0.255 e. The molecule has 2 aliphatic rings. The number of aryl methyl sites for hydroxylation is 1. The molecule has 2 amide bonds. The predicted octanol–water partition coefficient (Wildman–Crippen LogP) is 2.70. The van der Waals surface area contributed by atoms with Crippen LogP contribution in [-0.4, -0.2) is 56.1 Å². The SMILES string of the molecule is Cc1ccc(NC(=O)c2ccc3c(c2)NC(=O)C(C)S3)cc1S(=O)(=O)N1CCOCC1. The van der Waals surface area contributed by atoms with Crippen molar-refractivity contribution in [2.45, 2.75) is 28.9 Å². The summed E-state index contributed by atoms with van der Waals surface area (Å²) in [5.74, 6) is -0.495. The van der Waals surface area contributed by atoms with Crippen molar-refractivity contribution in [1.82, 2.24) is 4.31 Å². The van der Waals surface area contributed by atoms with E-state index < -0.39 is 10.0 Å². The van der Waals surface area contributed by atoms with Crippen LogP contribution in [0, 0.1) is 6.92 Å². The third kappa shape index (κ3) is 4.47. The van der Waals surface area contributed by atoms with Crippen molar-refractivity contribution in [2.75, 3.05) is 36.9 Å². The van der Waals surface area contributed by atoms with Gasteiger partial charge in [0.1, 0.15) is 0 Å². The van der Waals surface area contributed by atoms with E-state index in [1.165, 1.54) is 22.1 Å². The van der Waals surface area contributed by atoms with Gasteiger partial charge in [-0.25, -0.2) is 8.42 Å². The molecule has 4 rings (SSSR count). The van der Waals surface area contributed by atoms with Crippen LogP contribution in [0.3, 0.4) is 0 Å². The minimum Gasteiger partial charge on any atom is -0.379 e. The zero-order chi connectivity index (χ0) is 22.2. The van der Waals surface area contributed by atoms with Crippen molar-refractivity contribution in [1.29, 1.82) is 0 Å². The van der Waals surface area contributed by atoms with Gasteiger partial charge in [-0.3, -0.25) is 9.59 Å². The van der Waals surface area contributed by atoms with Crippen LogP contribution in [0.15, 0.2) is 46.2 Å². The molecule has 8 nitrogen and oxygen atoms in total. The number of hydrogen-bond donors (Lipinski definition) is 2. The summed E-state index contributed by atoms with van der Waals surface area (Å²) in [5.41, 5.74) is 1.95. The van der Waals surface area contributed by atoms with E-state index in [1.54, 1.807) is 37.3 Å². The zero-order valence-corrected chi connectivity index (χ0v) is 18.8. The van der Waals surface area contributed by atoms with Crippen LogP contribution in [0.5, 0.6) is 0 Å². The van der Waals surface area contributed by atoms with Crippen LogP contribution in [0.1, 0.15) is 22.8 Å². The summed E-state index contributed by atoms with van der Waals surface area (Å²) in [4.78, 5) is 25.8. The first-order valence-corrected chi connectivity index (χ1v) is 12.2. The van der Waals surface area contributed by atoms with Gasteiger partial charge in [0.15, 0.2) is 0 Å². The Morgan fingerprint density at radius 2 is 1.94 bits per heavy atom. The highest BCUT2D eigenvalue weighted by atomic mass is 32.2. The summed E-state index contributed by atoms with van der Waals surface area (Å²) in [6, 6.07) is 9.94. The Labute approximate surface area is 185 Å². The van der Waals surface area contributed by atoms with Crippen molar-refractivity contribution in [2.24, 2.45) is 0 Å². The van der Waals surface area contributed by atoms with E-state index in [1.807, 2.05) is 6.92 Å². The molecule has 0 radical (unpaired) electrons. The number of sulfonamides is 1. The second kappa shape index (κ2) is 8.62. The van der Waals surface area contributed by atoms with E-state index in [4.69, 9.17) is 4.74 Å². The first-order valence-electron chi connectivity index (χ1n) is 9.87. The third-order valence-electron chi connectivity index (χ3n) is 5.21. The number of hydrogen-bond acceptors (Lipinski definition) is 6. The second-order valence-corrected chi connectivity index (χ2v) is 10.7. The molecule has 1 fully saturated rings. The fourth-order valence-corrected chi connectivity index (χ4v) is 6.02. The highest BCUT2D eigenvalue weighted by Crippen LogP contribution is 2.36. The van der Waals surface area contributed by atoms with E-state index in [0.29, 0.717) is 48.8 Å². The molecule has 10 heteroatoms. The number of fused-ring (bicyclic) bond motifs is 1. The van der Waals surface area contributed by atoms with Crippen LogP contribution in [0.2, 0.25) is 0 Å². The summed E-state index contributed by atoms with van der Waals surface area (Å²) in [6.07, 6.45) is 0. The van der Waals surface area contributed by atoms with Crippen LogP contribution in [-0.2, 0) is 19.6 Å². The maximum Gasteiger partial charge on any atom is 0.255 e. The lowest BCUT2D eigenvalue weighted by atomic mass is 10.1. The lowest BCUT2D eigenvalue weighted by Crippen LogP contribution is -2.40. The largest absolute Gasteiger partial charge is 0.379 e. The van der Waals surface area contributed by atoms with Crippen LogP contribution in [0.25, 0.3) is 0 Å². The number of ether oxygens (including phenoxy) is 1. The Kier molecular flexibility index (Phi) is 6.07. The highest BCUT2D eigenvalue weighted by molar-refractivity contribution is 8.01. The standard InChI is InChI=1S/C21H23N3O5S2/c1-13-3-5-16(12-19(13)31(27,28)24-7-9-29-10-8-24)22-21(26)15-4-6-18-17(11-15)23-20(25)14(2)30-18/h3-6,11-12,14H,7-10H2,1-2H3,(H,22,26)(H,23,25). The van der Waals surface area contributed by atoms with Gasteiger partial charge in [0.2, 0.25) is 15.9 Å². The molecule has 31 heavy (non-hydrogen) atoms. The van der Waals surface area contributed by atoms with Crippen molar-refractivity contribution in [3.8, 4) is 0 Å². The number of amides is 2. The van der Waals surface area contributed by atoms with E-state index in [0.717, 1.165) is 4.90 Å². The average molecular weight is 462 g/mol. The van der Waals surface area contributed by atoms with Gasteiger partial charge in [0.25, 0.3) is 5.91 Å². The van der Waals surface area contributed by atoms with Gasteiger partial charge in [-0.05, 0) is 49.7 Å². The fraction of sp³-hybridized carbons (Fsp3) is 0.333. The number of anilines is 2. The molecule has 0 saturated carbocycles. The van der Waals surface area contributed by atoms with Gasteiger partial charge in [-0.2, -0.15) is 4.31 Å². The molecular weight excluding hydrogens is 438 g/mol. The lowest BCUT2D eigenvalue weighted by Gasteiger charge is -2.27. The minimum absolute atomic E-state index is 0.105. The summed E-state index contributed by atoms with van der Waals surface area (Å²) >= 11 is 1.44. The fourth-order valence-electron chi connectivity index (χ4n) is 3.44. The van der Waals surface area contributed by atoms with Crippen molar-refractivity contribution in [3.05, 3.63) is 47.5 Å². The van der Waals surface area contributed by atoms with Crippen LogP contribution in [0.4, 0.5) is 11.4 Å². The third-order valence-corrected chi connectivity index (χ3v) is 8.42. The van der Waals surface area contributed by atoms with E-state index in [-0.39, 0.29) is 22.0 Å². The maximum atomic E-state index is 13.0. The van der Waals surface area contributed by atoms with Gasteiger partial charge < -0.3 is 15.4 Å². The minimum atomic E-state index is -3.69. The summed E-state index contributed by atoms with van der Waals surface area (Å²) in [5, 5.41) is 5.38. The molecule has 2 aliphatic heterocycles. The topological polar surface area (TPSA) is 105 Å². The molecular formula is C21H23N3O5S2. The number of nitrogens with zero attached hydrogens (tertiary/aromatic N) is 1. The van der Waals surface area contributed by atoms with E-state index in [2.05, 4.69) is 10.6 Å². The molecule has 2 aromatic carbocycles. The van der Waals surface area contributed by atoms with Gasteiger partial charge in [-0.1, -0.05) is 6.07 Å². The maximum absolute atomic E-state index is 13.0. The molecule has 0 spiro atoms. The molecule has 0 aromatic heterocycles. The van der Waals surface area contributed by atoms with Crippen LogP contribution < -0.4 is 10.6 Å². The number of carbonyl (C=O) groups is 2. The van der Waals surface area contributed by atoms with Crippen LogP contribution >= 0.6 is 11.8 Å². The van der Waals surface area contributed by atoms with E-state index in [9.17, 15) is 18.0 Å². The molecule has 1 atom stereocenters. The molecule has 0 aliphatic carbocycles. The van der Waals surface area contributed by atoms with Gasteiger partial charge >= 0.3 is 0 Å². The predicted molar refractivity (Wildman–Crippen MR) is 119 cm³/mol. The quantitative estimate of drug-likeness (QED) is 0.726. The highest BCUT2D eigenvalue weighted by Gasteiger charge is 2.28. The van der Waals surface area contributed by atoms with Crippen molar-refractivity contribution < 1.29 is 22.7 Å². The Morgan fingerprint density at radius 3 is 2.68 bits per heavy atom. The Bertz CT molecular complexity index is 1140. The molecule has 0 bridgehead atoms. The monoisotopic (exact) mass is 461 g/mol. The van der Waals surface area contributed by atoms with Gasteiger partial charge in [0, 0.05) is 29.2 Å². The molecule has 164 valence electrons. The molecule has 2 N–H and O–H groups in total. The Hall–Kier alpha value is -2.40. The lowest BCUT2D eigenvalue weighted by molar-refractivity contribution is -0.115.